The van der Waals surface area contributed by atoms with Gasteiger partial charge in [0, 0.05) is 33.9 Å². The summed E-state index contributed by atoms with van der Waals surface area (Å²) >= 11 is 12.0. The highest BCUT2D eigenvalue weighted by atomic mass is 35.5. The molecule has 0 aliphatic heterocycles. The van der Waals surface area contributed by atoms with Crippen LogP contribution in [0, 0.1) is 0 Å². The average Bonchev–Trinajstić information content (AvgIpc) is 2.70. The molecule has 2 heterocycles. The number of aromatic amines is 1. The van der Waals surface area contributed by atoms with E-state index in [1.165, 1.54) is 6.07 Å². The molecule has 144 valence electrons. The van der Waals surface area contributed by atoms with E-state index in [1.54, 1.807) is 54.7 Å². The summed E-state index contributed by atoms with van der Waals surface area (Å²) < 4.78 is 0. The predicted octanol–water partition coefficient (Wildman–Crippen LogP) is 5.23. The lowest BCUT2D eigenvalue weighted by Gasteiger charge is -2.11. The average molecular weight is 425 g/mol. The van der Waals surface area contributed by atoms with Gasteiger partial charge in [-0.2, -0.15) is 0 Å². The number of carbonyl (C=O) groups is 1. The molecule has 0 aliphatic carbocycles. The molecule has 0 unspecified atom stereocenters. The molecule has 4 rings (SSSR count). The molecule has 29 heavy (non-hydrogen) atoms. The van der Waals surface area contributed by atoms with E-state index in [9.17, 15) is 9.59 Å². The van der Waals surface area contributed by atoms with Crippen molar-refractivity contribution in [3.8, 4) is 0 Å². The van der Waals surface area contributed by atoms with Crippen molar-refractivity contribution in [3.05, 3.63) is 92.8 Å². The molecule has 0 bridgehead atoms. The number of hydrogen-bond acceptors (Lipinski definition) is 4. The van der Waals surface area contributed by atoms with Crippen molar-refractivity contribution in [1.29, 1.82) is 0 Å². The number of anilines is 3. The molecular weight excluding hydrogens is 411 g/mol. The third-order valence-electron chi connectivity index (χ3n) is 4.24. The van der Waals surface area contributed by atoms with Crippen molar-refractivity contribution in [2.24, 2.45) is 0 Å². The fraction of sp³-hybridized carbons (Fsp3) is 0. The standard InChI is InChI=1S/C21H14Cl2N4O2/c22-13-3-7-18(16(23)11-13)26-21(29)12-1-4-14(5-2-12)25-17-9-10-24-20-15(17)6-8-19(28)27-20/h1-11H,(H,26,29)(H2,24,25,27,28). The summed E-state index contributed by atoms with van der Waals surface area (Å²) in [6.07, 6.45) is 1.61. The summed E-state index contributed by atoms with van der Waals surface area (Å²) in [5.41, 5.74) is 2.82. The maximum Gasteiger partial charge on any atom is 0.255 e. The first-order valence-corrected chi connectivity index (χ1v) is 9.37. The van der Waals surface area contributed by atoms with Crippen LogP contribution in [0.4, 0.5) is 17.1 Å². The normalized spacial score (nSPS) is 10.7. The number of amides is 1. The van der Waals surface area contributed by atoms with Crippen LogP contribution >= 0.6 is 23.2 Å². The highest BCUT2D eigenvalue weighted by molar-refractivity contribution is 6.36. The molecule has 0 aliphatic rings. The van der Waals surface area contributed by atoms with Crippen LogP contribution in [0.25, 0.3) is 11.0 Å². The number of hydrogen-bond donors (Lipinski definition) is 3. The zero-order valence-corrected chi connectivity index (χ0v) is 16.4. The Labute approximate surface area is 175 Å². The molecule has 4 aromatic rings. The first-order valence-electron chi connectivity index (χ1n) is 8.61. The summed E-state index contributed by atoms with van der Waals surface area (Å²) in [7, 11) is 0. The number of benzene rings is 2. The highest BCUT2D eigenvalue weighted by Gasteiger charge is 2.10. The van der Waals surface area contributed by atoms with Crippen molar-refractivity contribution in [2.75, 3.05) is 10.6 Å². The molecular formula is C21H14Cl2N4O2. The fourth-order valence-corrected chi connectivity index (χ4v) is 3.27. The van der Waals surface area contributed by atoms with Crippen LogP contribution in [0.15, 0.2) is 71.7 Å². The summed E-state index contributed by atoms with van der Waals surface area (Å²) in [4.78, 5) is 30.8. The monoisotopic (exact) mass is 424 g/mol. The summed E-state index contributed by atoms with van der Waals surface area (Å²) in [6, 6.07) is 16.8. The van der Waals surface area contributed by atoms with E-state index < -0.39 is 0 Å². The Balaban J connectivity index is 1.52. The van der Waals surface area contributed by atoms with Gasteiger partial charge in [0.25, 0.3) is 5.91 Å². The van der Waals surface area contributed by atoms with Gasteiger partial charge < -0.3 is 15.6 Å². The zero-order chi connectivity index (χ0) is 20.4. The number of nitrogens with zero attached hydrogens (tertiary/aromatic N) is 1. The Morgan fingerprint density at radius 1 is 0.931 bits per heavy atom. The number of H-pyrrole nitrogens is 1. The van der Waals surface area contributed by atoms with Crippen molar-refractivity contribution in [1.82, 2.24) is 9.97 Å². The maximum absolute atomic E-state index is 12.5. The molecule has 2 aromatic carbocycles. The smallest absolute Gasteiger partial charge is 0.255 e. The molecule has 3 N–H and O–H groups in total. The van der Waals surface area contributed by atoms with Gasteiger partial charge in [0.2, 0.25) is 5.56 Å². The van der Waals surface area contributed by atoms with Crippen molar-refractivity contribution in [3.63, 3.8) is 0 Å². The lowest BCUT2D eigenvalue weighted by molar-refractivity contribution is 0.102. The zero-order valence-electron chi connectivity index (χ0n) is 14.9. The van der Waals surface area contributed by atoms with Gasteiger partial charge in [-0.3, -0.25) is 9.59 Å². The Bertz CT molecular complexity index is 1270. The third kappa shape index (κ3) is 4.23. The minimum absolute atomic E-state index is 0.210. The number of nitrogens with one attached hydrogen (secondary N) is 3. The van der Waals surface area contributed by atoms with Gasteiger partial charge in [-0.05, 0) is 54.6 Å². The van der Waals surface area contributed by atoms with Gasteiger partial charge in [0.1, 0.15) is 5.65 Å². The topological polar surface area (TPSA) is 86.9 Å². The van der Waals surface area contributed by atoms with Crippen LogP contribution in [0.2, 0.25) is 10.0 Å². The van der Waals surface area contributed by atoms with Crippen molar-refractivity contribution < 1.29 is 4.79 Å². The third-order valence-corrected chi connectivity index (χ3v) is 4.79. The Morgan fingerprint density at radius 3 is 2.48 bits per heavy atom. The molecule has 2 aromatic heterocycles. The molecule has 8 heteroatoms. The van der Waals surface area contributed by atoms with Gasteiger partial charge in [-0.25, -0.2) is 4.98 Å². The Hall–Kier alpha value is -3.35. The van der Waals surface area contributed by atoms with Gasteiger partial charge in [0.15, 0.2) is 0 Å². The van der Waals surface area contributed by atoms with Gasteiger partial charge in [-0.1, -0.05) is 23.2 Å². The molecule has 0 spiro atoms. The fourth-order valence-electron chi connectivity index (χ4n) is 2.81. The number of aromatic nitrogens is 2. The second-order valence-corrected chi connectivity index (χ2v) is 7.07. The molecule has 0 fully saturated rings. The molecule has 0 radical (unpaired) electrons. The quantitative estimate of drug-likeness (QED) is 0.418. The molecule has 6 nitrogen and oxygen atoms in total. The van der Waals surface area contributed by atoms with Crippen LogP contribution in [0.1, 0.15) is 10.4 Å². The van der Waals surface area contributed by atoms with E-state index >= 15 is 0 Å². The summed E-state index contributed by atoms with van der Waals surface area (Å²) in [6.45, 7) is 0. The van der Waals surface area contributed by atoms with E-state index in [0.717, 1.165) is 16.8 Å². The minimum Gasteiger partial charge on any atom is -0.355 e. The van der Waals surface area contributed by atoms with Crippen molar-refractivity contribution >= 4 is 57.2 Å². The van der Waals surface area contributed by atoms with Crippen LogP contribution in [0.3, 0.4) is 0 Å². The summed E-state index contributed by atoms with van der Waals surface area (Å²) in [5, 5.41) is 7.68. The van der Waals surface area contributed by atoms with E-state index in [0.29, 0.717) is 26.9 Å². The Morgan fingerprint density at radius 2 is 1.72 bits per heavy atom. The molecule has 0 saturated carbocycles. The first kappa shape index (κ1) is 19.0. The van der Waals surface area contributed by atoms with E-state index in [4.69, 9.17) is 23.2 Å². The van der Waals surface area contributed by atoms with Gasteiger partial charge in [0.05, 0.1) is 16.4 Å². The lowest BCUT2D eigenvalue weighted by atomic mass is 10.1. The van der Waals surface area contributed by atoms with Gasteiger partial charge >= 0.3 is 0 Å². The number of pyridine rings is 2. The van der Waals surface area contributed by atoms with E-state index in [-0.39, 0.29) is 11.5 Å². The SMILES string of the molecule is O=C(Nc1ccc(Cl)cc1Cl)c1ccc(Nc2ccnc3[nH]c(=O)ccc23)cc1. The molecule has 0 saturated heterocycles. The van der Waals surface area contributed by atoms with Gasteiger partial charge in [-0.15, -0.1) is 0 Å². The lowest BCUT2D eigenvalue weighted by Crippen LogP contribution is -2.12. The van der Waals surface area contributed by atoms with Crippen LogP contribution in [0.5, 0.6) is 0 Å². The van der Waals surface area contributed by atoms with E-state index in [2.05, 4.69) is 20.6 Å². The van der Waals surface area contributed by atoms with Crippen LogP contribution < -0.4 is 16.2 Å². The van der Waals surface area contributed by atoms with Crippen LogP contribution in [-0.2, 0) is 0 Å². The first-order chi connectivity index (χ1) is 14.0. The maximum atomic E-state index is 12.5. The Kier molecular flexibility index (Phi) is 5.20. The van der Waals surface area contributed by atoms with Crippen molar-refractivity contribution in [2.45, 2.75) is 0 Å². The number of fused-ring (bicyclic) bond motifs is 1. The number of rotatable bonds is 4. The number of halogens is 2. The molecule has 0 atom stereocenters. The van der Waals surface area contributed by atoms with E-state index in [1.807, 2.05) is 6.07 Å². The second-order valence-electron chi connectivity index (χ2n) is 6.22. The minimum atomic E-state index is -0.285. The second kappa shape index (κ2) is 7.95. The predicted molar refractivity (Wildman–Crippen MR) is 117 cm³/mol. The summed E-state index contributed by atoms with van der Waals surface area (Å²) in [5.74, 6) is -0.285. The highest BCUT2D eigenvalue weighted by Crippen LogP contribution is 2.26. The number of carbonyl (C=O) groups excluding carboxylic acids is 1. The largest absolute Gasteiger partial charge is 0.355 e. The van der Waals surface area contributed by atoms with Crippen LogP contribution in [-0.4, -0.2) is 15.9 Å². The molecule has 1 amide bonds.